The van der Waals surface area contributed by atoms with E-state index in [1.165, 1.54) is 0 Å². The summed E-state index contributed by atoms with van der Waals surface area (Å²) < 4.78 is 1.76. The van der Waals surface area contributed by atoms with Crippen LogP contribution < -0.4 is 5.73 Å². The zero-order valence-electron chi connectivity index (χ0n) is 10.5. The Morgan fingerprint density at radius 3 is 3.00 bits per heavy atom. The second kappa shape index (κ2) is 4.87. The number of amides is 1. The zero-order valence-corrected chi connectivity index (χ0v) is 10.5. The van der Waals surface area contributed by atoms with Crippen LogP contribution in [-0.4, -0.2) is 39.5 Å². The molecule has 1 fully saturated rings. The third kappa shape index (κ3) is 2.20. The lowest BCUT2D eigenvalue weighted by Crippen LogP contribution is -2.51. The van der Waals surface area contributed by atoms with Gasteiger partial charge >= 0.3 is 0 Å². The quantitative estimate of drug-likeness (QED) is 0.818. The molecule has 2 unspecified atom stereocenters. The van der Waals surface area contributed by atoms with E-state index in [9.17, 15) is 4.79 Å². The van der Waals surface area contributed by atoms with Gasteiger partial charge in [0.05, 0.1) is 12.5 Å². The van der Waals surface area contributed by atoms with Gasteiger partial charge in [0.1, 0.15) is 5.69 Å². The Balaban J connectivity index is 2.21. The van der Waals surface area contributed by atoms with Crippen molar-refractivity contribution in [1.29, 1.82) is 0 Å². The van der Waals surface area contributed by atoms with Crippen LogP contribution in [-0.2, 0) is 7.05 Å². The molecule has 2 rings (SSSR count). The second-order valence-electron chi connectivity index (χ2n) is 4.81. The molecule has 94 valence electrons. The number of piperidine rings is 1. The maximum absolute atomic E-state index is 12.4. The van der Waals surface area contributed by atoms with E-state index < -0.39 is 0 Å². The Labute approximate surface area is 102 Å². The monoisotopic (exact) mass is 236 g/mol. The molecule has 1 aliphatic rings. The maximum Gasteiger partial charge on any atom is 0.272 e. The Kier molecular flexibility index (Phi) is 3.47. The molecule has 0 aliphatic carbocycles. The van der Waals surface area contributed by atoms with E-state index in [-0.39, 0.29) is 11.9 Å². The highest BCUT2D eigenvalue weighted by Crippen LogP contribution is 2.24. The third-order valence-electron chi connectivity index (χ3n) is 3.65. The Hall–Kier alpha value is -1.36. The number of carbonyl (C=O) groups is 1. The standard InChI is InChI=1S/C12H20N4O/c1-9-4-3-5-16(10(9)6-13)12(17)11-7-14-8-15(11)2/h7-10H,3-6,13H2,1-2H3. The summed E-state index contributed by atoms with van der Waals surface area (Å²) in [4.78, 5) is 18.3. The van der Waals surface area contributed by atoms with Gasteiger partial charge in [0.15, 0.2) is 0 Å². The van der Waals surface area contributed by atoms with Crippen molar-refractivity contribution in [3.63, 3.8) is 0 Å². The van der Waals surface area contributed by atoms with Gasteiger partial charge in [0.2, 0.25) is 0 Å². The van der Waals surface area contributed by atoms with E-state index in [1.54, 1.807) is 17.1 Å². The van der Waals surface area contributed by atoms with E-state index in [1.807, 2.05) is 11.9 Å². The van der Waals surface area contributed by atoms with E-state index in [2.05, 4.69) is 11.9 Å². The van der Waals surface area contributed by atoms with Crippen LogP contribution in [0.3, 0.4) is 0 Å². The van der Waals surface area contributed by atoms with Gasteiger partial charge in [-0.1, -0.05) is 6.92 Å². The number of likely N-dealkylation sites (tertiary alicyclic amines) is 1. The molecular weight excluding hydrogens is 216 g/mol. The molecule has 1 saturated heterocycles. The molecule has 1 aromatic heterocycles. The predicted molar refractivity (Wildman–Crippen MR) is 65.5 cm³/mol. The summed E-state index contributed by atoms with van der Waals surface area (Å²) in [7, 11) is 1.84. The van der Waals surface area contributed by atoms with Gasteiger partial charge in [-0.2, -0.15) is 0 Å². The number of carbonyl (C=O) groups excluding carboxylic acids is 1. The minimum absolute atomic E-state index is 0.0481. The highest BCUT2D eigenvalue weighted by molar-refractivity contribution is 5.92. The van der Waals surface area contributed by atoms with E-state index in [0.29, 0.717) is 18.2 Å². The third-order valence-corrected chi connectivity index (χ3v) is 3.65. The molecule has 1 amide bonds. The van der Waals surface area contributed by atoms with Crippen LogP contribution in [0.5, 0.6) is 0 Å². The van der Waals surface area contributed by atoms with Gasteiger partial charge in [-0.15, -0.1) is 0 Å². The maximum atomic E-state index is 12.4. The molecule has 1 aromatic rings. The first-order valence-corrected chi connectivity index (χ1v) is 6.12. The average molecular weight is 236 g/mol. The Morgan fingerprint density at radius 2 is 2.41 bits per heavy atom. The summed E-state index contributed by atoms with van der Waals surface area (Å²) in [6.07, 6.45) is 5.48. The van der Waals surface area contributed by atoms with Crippen molar-refractivity contribution in [2.24, 2.45) is 18.7 Å². The number of aryl methyl sites for hydroxylation is 1. The first kappa shape index (κ1) is 12.1. The summed E-state index contributed by atoms with van der Waals surface area (Å²) >= 11 is 0. The van der Waals surface area contributed by atoms with E-state index in [4.69, 9.17) is 5.73 Å². The topological polar surface area (TPSA) is 64.2 Å². The zero-order chi connectivity index (χ0) is 12.4. The van der Waals surface area contributed by atoms with Crippen LogP contribution in [0.1, 0.15) is 30.3 Å². The average Bonchev–Trinajstić information content (AvgIpc) is 2.74. The molecule has 0 bridgehead atoms. The Bertz CT molecular complexity index is 401. The highest BCUT2D eigenvalue weighted by Gasteiger charge is 2.32. The smallest absolute Gasteiger partial charge is 0.272 e. The second-order valence-corrected chi connectivity index (χ2v) is 4.81. The summed E-state index contributed by atoms with van der Waals surface area (Å²) in [5.41, 5.74) is 6.43. The number of nitrogens with two attached hydrogens (primary N) is 1. The normalized spacial score (nSPS) is 25.0. The molecule has 0 aromatic carbocycles. The fourth-order valence-electron chi connectivity index (χ4n) is 2.57. The molecule has 5 nitrogen and oxygen atoms in total. The minimum atomic E-state index is 0.0481. The van der Waals surface area contributed by atoms with Gasteiger partial charge < -0.3 is 15.2 Å². The number of imidazole rings is 1. The molecule has 0 radical (unpaired) electrons. The lowest BCUT2D eigenvalue weighted by molar-refractivity contribution is 0.0523. The molecular formula is C12H20N4O. The number of rotatable bonds is 2. The number of hydrogen-bond acceptors (Lipinski definition) is 3. The van der Waals surface area contributed by atoms with Gasteiger partial charge in [-0.05, 0) is 18.8 Å². The summed E-state index contributed by atoms with van der Waals surface area (Å²) in [6, 6.07) is 0.158. The van der Waals surface area contributed by atoms with Crippen molar-refractivity contribution >= 4 is 5.91 Å². The van der Waals surface area contributed by atoms with E-state index in [0.717, 1.165) is 19.4 Å². The molecule has 5 heteroatoms. The van der Waals surface area contributed by atoms with Crippen LogP contribution in [0, 0.1) is 5.92 Å². The summed E-state index contributed by atoms with van der Waals surface area (Å²) in [6.45, 7) is 3.50. The first-order valence-electron chi connectivity index (χ1n) is 6.12. The summed E-state index contributed by atoms with van der Waals surface area (Å²) in [5.74, 6) is 0.526. The molecule has 0 saturated carbocycles. The Morgan fingerprint density at radius 1 is 1.65 bits per heavy atom. The lowest BCUT2D eigenvalue weighted by Gasteiger charge is -2.39. The fraction of sp³-hybridized carbons (Fsp3) is 0.667. The SMILES string of the molecule is CC1CCCN(C(=O)c2cncn2C)C1CN. The van der Waals surface area contributed by atoms with Crippen molar-refractivity contribution in [1.82, 2.24) is 14.5 Å². The molecule has 17 heavy (non-hydrogen) atoms. The van der Waals surface area contributed by atoms with Crippen LogP contribution in [0.25, 0.3) is 0 Å². The molecule has 2 heterocycles. The number of nitrogens with zero attached hydrogens (tertiary/aromatic N) is 3. The van der Waals surface area contributed by atoms with Crippen LogP contribution in [0.4, 0.5) is 0 Å². The van der Waals surface area contributed by atoms with Crippen molar-refractivity contribution < 1.29 is 4.79 Å². The molecule has 2 N–H and O–H groups in total. The lowest BCUT2D eigenvalue weighted by atomic mass is 9.90. The highest BCUT2D eigenvalue weighted by atomic mass is 16.2. The molecule has 0 spiro atoms. The fourth-order valence-corrected chi connectivity index (χ4v) is 2.57. The van der Waals surface area contributed by atoms with Gasteiger partial charge in [0.25, 0.3) is 5.91 Å². The minimum Gasteiger partial charge on any atom is -0.333 e. The van der Waals surface area contributed by atoms with Gasteiger partial charge in [0, 0.05) is 26.2 Å². The van der Waals surface area contributed by atoms with Crippen molar-refractivity contribution in [2.45, 2.75) is 25.8 Å². The van der Waals surface area contributed by atoms with Gasteiger partial charge in [-0.3, -0.25) is 4.79 Å². The van der Waals surface area contributed by atoms with Crippen molar-refractivity contribution in [2.75, 3.05) is 13.1 Å². The number of hydrogen-bond donors (Lipinski definition) is 1. The molecule has 2 atom stereocenters. The van der Waals surface area contributed by atoms with Crippen LogP contribution in [0.2, 0.25) is 0 Å². The van der Waals surface area contributed by atoms with Crippen molar-refractivity contribution in [3.8, 4) is 0 Å². The summed E-state index contributed by atoms with van der Waals surface area (Å²) in [5, 5.41) is 0. The first-order chi connectivity index (χ1) is 8.15. The molecule has 1 aliphatic heterocycles. The van der Waals surface area contributed by atoms with Crippen molar-refractivity contribution in [3.05, 3.63) is 18.2 Å². The van der Waals surface area contributed by atoms with E-state index >= 15 is 0 Å². The largest absolute Gasteiger partial charge is 0.333 e. The predicted octanol–water partition coefficient (Wildman–Crippen LogP) is 0.620. The number of aromatic nitrogens is 2. The van der Waals surface area contributed by atoms with Crippen LogP contribution in [0.15, 0.2) is 12.5 Å². The van der Waals surface area contributed by atoms with Gasteiger partial charge in [-0.25, -0.2) is 4.98 Å². The van der Waals surface area contributed by atoms with Crippen LogP contribution >= 0.6 is 0 Å².